The van der Waals surface area contributed by atoms with E-state index in [9.17, 15) is 0 Å². The molecule has 0 fully saturated rings. The van der Waals surface area contributed by atoms with Gasteiger partial charge in [-0.3, -0.25) is 0 Å². The molecule has 0 heteroatoms. The van der Waals surface area contributed by atoms with Crippen molar-refractivity contribution < 1.29 is 0 Å². The Morgan fingerprint density at radius 1 is 0.667 bits per heavy atom. The van der Waals surface area contributed by atoms with Crippen LogP contribution in [0.2, 0.25) is 0 Å². The monoisotopic (exact) mass is 174 g/mol. The van der Waals surface area contributed by atoms with Crippen LogP contribution in [0.5, 0.6) is 0 Å². The van der Waals surface area contributed by atoms with Gasteiger partial charge in [-0.05, 0) is 13.8 Å². The Bertz CT molecular complexity index is 58.1. The normalized spacial score (nSPS) is 4.83. The van der Waals surface area contributed by atoms with Crippen LogP contribution in [-0.4, -0.2) is 0 Å². The van der Waals surface area contributed by atoms with Crippen LogP contribution in [0, 0.1) is 0 Å². The molecule has 0 bridgehead atoms. The molecule has 0 saturated heterocycles. The first-order chi connectivity index (χ1) is 3.83. The molecule has 0 radical (unpaired) electrons. The van der Waals surface area contributed by atoms with Crippen molar-refractivity contribution in [1.29, 1.82) is 0 Å². The van der Waals surface area contributed by atoms with Crippen LogP contribution >= 0.6 is 0 Å². The van der Waals surface area contributed by atoms with E-state index in [1.807, 2.05) is 26.0 Å². The fourth-order valence-corrected chi connectivity index (χ4v) is 0. The summed E-state index contributed by atoms with van der Waals surface area (Å²) in [5.41, 5.74) is 0. The Morgan fingerprint density at radius 2 is 0.833 bits per heavy atom. The molecule has 12 heavy (non-hydrogen) atoms. The van der Waals surface area contributed by atoms with Gasteiger partial charge in [0.1, 0.15) is 0 Å². The summed E-state index contributed by atoms with van der Waals surface area (Å²) in [6.45, 7) is 10.7. The summed E-state index contributed by atoms with van der Waals surface area (Å²) in [6, 6.07) is 0. The molecule has 0 aliphatic rings. The zero-order valence-corrected chi connectivity index (χ0v) is 5.72. The third-order valence-electron chi connectivity index (χ3n) is 0.500. The maximum atomic E-state index is 3.36. The lowest BCUT2D eigenvalue weighted by atomic mass is 10.6. The molecule has 0 spiro atoms. The molecule has 0 aliphatic heterocycles. The van der Waals surface area contributed by atoms with Crippen molar-refractivity contribution in [2.24, 2.45) is 0 Å². The third-order valence-corrected chi connectivity index (χ3v) is 0.500. The Kier molecular flexibility index (Phi) is 300. The maximum absolute atomic E-state index is 3.36. The van der Waals surface area contributed by atoms with Gasteiger partial charge in [-0.1, -0.05) is 67.2 Å². The van der Waals surface area contributed by atoms with Crippen LogP contribution in [0.25, 0.3) is 0 Å². The van der Waals surface area contributed by atoms with E-state index in [0.29, 0.717) is 0 Å². The number of hydrogen-bond acceptors (Lipinski definition) is 0. The van der Waals surface area contributed by atoms with Crippen molar-refractivity contribution >= 4 is 0 Å². The van der Waals surface area contributed by atoms with Gasteiger partial charge in [0, 0.05) is 0 Å². The quantitative estimate of drug-likeness (QED) is 0.364. The fraction of sp³-hybridized carbons (Fsp3) is 0.500. The topological polar surface area (TPSA) is 0 Å². The minimum atomic E-state index is 0. The lowest BCUT2D eigenvalue weighted by molar-refractivity contribution is 1.64. The van der Waals surface area contributed by atoms with Crippen molar-refractivity contribution in [2.45, 2.75) is 43.6 Å². The number of hydrogen-bond donors (Lipinski definition) is 0. The summed E-state index contributed by atoms with van der Waals surface area (Å²) in [4.78, 5) is 0. The smallest absolute Gasteiger partial charge is 0.0470 e. The highest BCUT2D eigenvalue weighted by Gasteiger charge is 1.34. The summed E-state index contributed by atoms with van der Waals surface area (Å²) in [5.74, 6) is 0. The summed E-state index contributed by atoms with van der Waals surface area (Å²) in [5, 5.41) is 0. The second-order valence-corrected chi connectivity index (χ2v) is 1.14. The Hall–Kier alpha value is -0.780. The molecule has 78 valence electrons. The van der Waals surface area contributed by atoms with Gasteiger partial charge in [-0.25, -0.2) is 0 Å². The van der Waals surface area contributed by atoms with Crippen molar-refractivity contribution in [3.8, 4) is 0 Å². The maximum Gasteiger partial charge on any atom is -0.0470 e. The van der Waals surface area contributed by atoms with E-state index in [2.05, 4.69) is 13.2 Å². The van der Waals surface area contributed by atoms with Gasteiger partial charge in [-0.15, -0.1) is 0 Å². The molecule has 0 aromatic carbocycles. The van der Waals surface area contributed by atoms with Gasteiger partial charge < -0.3 is 0 Å². The van der Waals surface area contributed by atoms with Gasteiger partial charge >= 0.3 is 0 Å². The summed E-state index contributed by atoms with van der Waals surface area (Å²) in [7, 11) is 0. The standard InChI is InChI=1S/C4H8.C4H6.4CH4/c2*1-3-4-2;;;;/h3-4H,1-2H3;3-4H,1-2H2;4*1H4. The van der Waals surface area contributed by atoms with Crippen LogP contribution in [0.1, 0.15) is 43.6 Å². The largest absolute Gasteiger partial charge is 0.0991 e. The highest BCUT2D eigenvalue weighted by atomic mass is 13.4. The Labute approximate surface area is 81.7 Å². The van der Waals surface area contributed by atoms with E-state index in [-0.39, 0.29) is 29.7 Å². The zero-order chi connectivity index (χ0) is 6.83. The number of allylic oxidation sites excluding steroid dienone is 4. The Balaban J connectivity index is -0.0000000112. The van der Waals surface area contributed by atoms with Crippen LogP contribution < -0.4 is 0 Å². The van der Waals surface area contributed by atoms with E-state index in [1.54, 1.807) is 12.2 Å². The minimum absolute atomic E-state index is 0. The van der Waals surface area contributed by atoms with Crippen LogP contribution in [0.15, 0.2) is 37.5 Å². The molecule has 0 amide bonds. The first-order valence-corrected chi connectivity index (χ1v) is 2.64. The average molecular weight is 174 g/mol. The highest BCUT2D eigenvalue weighted by molar-refractivity contribution is 4.88. The first kappa shape index (κ1) is 43.0. The summed E-state index contributed by atoms with van der Waals surface area (Å²) < 4.78 is 0. The first-order valence-electron chi connectivity index (χ1n) is 2.64. The van der Waals surface area contributed by atoms with Crippen molar-refractivity contribution in [3.63, 3.8) is 0 Å². The summed E-state index contributed by atoms with van der Waals surface area (Å²) >= 11 is 0. The molecule has 0 aliphatic carbocycles. The van der Waals surface area contributed by atoms with Gasteiger partial charge in [0.2, 0.25) is 0 Å². The molecule has 0 heterocycles. The lowest BCUT2D eigenvalue weighted by Crippen LogP contribution is -1.26. The van der Waals surface area contributed by atoms with Crippen LogP contribution in [0.4, 0.5) is 0 Å². The number of rotatable bonds is 1. The molecule has 0 rings (SSSR count). The minimum Gasteiger partial charge on any atom is -0.0991 e. The molecule has 0 nitrogen and oxygen atoms in total. The predicted octanol–water partition coefficient (Wildman–Crippen LogP) is 5.49. The zero-order valence-electron chi connectivity index (χ0n) is 5.72. The molecular formula is C12H30. The van der Waals surface area contributed by atoms with Gasteiger partial charge in [0.15, 0.2) is 0 Å². The molecule has 0 saturated carbocycles. The third kappa shape index (κ3) is 419. The van der Waals surface area contributed by atoms with Crippen LogP contribution in [0.3, 0.4) is 0 Å². The van der Waals surface area contributed by atoms with Crippen LogP contribution in [-0.2, 0) is 0 Å². The second kappa shape index (κ2) is 83.8. The molecule has 0 N–H and O–H groups in total. The molecule has 0 aromatic rings. The van der Waals surface area contributed by atoms with E-state index in [1.165, 1.54) is 0 Å². The van der Waals surface area contributed by atoms with Gasteiger partial charge in [0.05, 0.1) is 0 Å². The highest BCUT2D eigenvalue weighted by Crippen LogP contribution is 1.57. The predicted molar refractivity (Wildman–Crippen MR) is 67.8 cm³/mol. The average Bonchev–Trinajstić information content (AvgIpc) is 1.88. The van der Waals surface area contributed by atoms with E-state index < -0.39 is 0 Å². The molecular weight excluding hydrogens is 144 g/mol. The molecule has 0 unspecified atom stereocenters. The van der Waals surface area contributed by atoms with Gasteiger partial charge in [0.25, 0.3) is 0 Å². The second-order valence-electron chi connectivity index (χ2n) is 1.14. The molecule has 0 aromatic heterocycles. The van der Waals surface area contributed by atoms with E-state index in [0.717, 1.165) is 0 Å². The summed E-state index contributed by atoms with van der Waals surface area (Å²) in [6.07, 6.45) is 7.28. The van der Waals surface area contributed by atoms with Gasteiger partial charge in [-0.2, -0.15) is 0 Å². The Morgan fingerprint density at radius 3 is 0.833 bits per heavy atom. The molecule has 0 atom stereocenters. The fourth-order valence-electron chi connectivity index (χ4n) is 0. The van der Waals surface area contributed by atoms with E-state index >= 15 is 0 Å². The van der Waals surface area contributed by atoms with Crippen molar-refractivity contribution in [2.75, 3.05) is 0 Å². The lowest BCUT2D eigenvalue weighted by Gasteiger charge is -1.49. The van der Waals surface area contributed by atoms with Crippen molar-refractivity contribution in [3.05, 3.63) is 37.5 Å². The van der Waals surface area contributed by atoms with E-state index in [4.69, 9.17) is 0 Å². The SMILES string of the molecule is C.C.C.C.C=CC=C.CC=CC. The van der Waals surface area contributed by atoms with Crippen molar-refractivity contribution in [1.82, 2.24) is 0 Å².